The second-order valence-corrected chi connectivity index (χ2v) is 8.14. The maximum absolute atomic E-state index is 11.4. The van der Waals surface area contributed by atoms with Crippen molar-refractivity contribution in [1.29, 1.82) is 0 Å². The monoisotopic (exact) mass is 554 g/mol. The van der Waals surface area contributed by atoms with Gasteiger partial charge >= 0.3 is 12.2 Å². The summed E-state index contributed by atoms with van der Waals surface area (Å²) in [5.41, 5.74) is 1.35. The van der Waals surface area contributed by atoms with Crippen molar-refractivity contribution >= 4 is 58.2 Å². The summed E-state index contributed by atoms with van der Waals surface area (Å²) in [4.78, 5) is 22.9. The maximum Gasteiger partial charge on any atom is 0.413 e. The highest BCUT2D eigenvalue weighted by atomic mass is 32.1. The van der Waals surface area contributed by atoms with Crippen molar-refractivity contribution in [2.75, 3.05) is 23.8 Å². The van der Waals surface area contributed by atoms with Crippen LogP contribution in [0.25, 0.3) is 0 Å². The third-order valence-electron chi connectivity index (χ3n) is 4.48. The van der Waals surface area contributed by atoms with Gasteiger partial charge in [-0.1, -0.05) is 6.07 Å². The number of nitrogens with one attached hydrogen (secondary N) is 4. The van der Waals surface area contributed by atoms with E-state index >= 15 is 0 Å². The number of rotatable bonds is 8. The van der Waals surface area contributed by atoms with Gasteiger partial charge in [0.25, 0.3) is 0 Å². The third kappa shape index (κ3) is 9.56. The molecule has 10 nitrogen and oxygen atoms in total. The van der Waals surface area contributed by atoms with Gasteiger partial charge in [-0.2, -0.15) is 0 Å². The van der Waals surface area contributed by atoms with Crippen LogP contribution in [0.1, 0.15) is 13.8 Å². The number of anilines is 2. The van der Waals surface area contributed by atoms with E-state index in [2.05, 4.69) is 21.3 Å². The van der Waals surface area contributed by atoms with Crippen molar-refractivity contribution in [3.63, 3.8) is 0 Å². The van der Waals surface area contributed by atoms with Gasteiger partial charge in [0.2, 0.25) is 0 Å². The molecule has 4 N–H and O–H groups in total. The number of ether oxygens (including phenoxy) is 4. The molecule has 3 aromatic rings. The molecule has 2 amide bonds. The fraction of sp³-hybridized carbons (Fsp3) is 0.154. The quantitative estimate of drug-likeness (QED) is 0.241. The molecule has 0 bridgehead atoms. The van der Waals surface area contributed by atoms with Gasteiger partial charge in [0.15, 0.2) is 10.2 Å². The lowest BCUT2D eigenvalue weighted by molar-refractivity contribution is 0.157. The minimum atomic E-state index is -0.618. The van der Waals surface area contributed by atoms with Crippen LogP contribution in [0.4, 0.5) is 21.0 Å². The van der Waals surface area contributed by atoms with Crippen LogP contribution >= 0.6 is 24.4 Å². The number of carbonyl (C=O) groups excluding carboxylic acids is 2. The smallest absolute Gasteiger partial charge is 0.413 e. The first-order valence-electron chi connectivity index (χ1n) is 11.5. The number of hydrogen-bond acceptors (Lipinski definition) is 8. The van der Waals surface area contributed by atoms with Gasteiger partial charge in [-0.25, -0.2) is 9.59 Å². The molecule has 0 aromatic heterocycles. The van der Waals surface area contributed by atoms with E-state index in [1.54, 1.807) is 68.4 Å². The van der Waals surface area contributed by atoms with Gasteiger partial charge in [-0.3, -0.25) is 10.6 Å². The zero-order valence-electron chi connectivity index (χ0n) is 20.6. The first-order valence-corrected chi connectivity index (χ1v) is 12.3. The Morgan fingerprint density at radius 3 is 1.39 bits per heavy atom. The Balaban J connectivity index is 1.52. The first kappa shape index (κ1) is 28.2. The number of hydrogen-bond donors (Lipinski definition) is 4. The van der Waals surface area contributed by atoms with Gasteiger partial charge in [-0.05, 0) is 98.9 Å². The van der Waals surface area contributed by atoms with Crippen LogP contribution in [0.15, 0.2) is 72.8 Å². The summed E-state index contributed by atoms with van der Waals surface area (Å²) < 4.78 is 21.4. The lowest BCUT2D eigenvalue weighted by Crippen LogP contribution is -2.34. The number of amides is 2. The van der Waals surface area contributed by atoms with E-state index in [-0.39, 0.29) is 23.4 Å². The Kier molecular flexibility index (Phi) is 10.6. The van der Waals surface area contributed by atoms with Crippen molar-refractivity contribution in [3.05, 3.63) is 72.8 Å². The summed E-state index contributed by atoms with van der Waals surface area (Å²) in [6, 6.07) is 21.3. The molecule has 3 aromatic carbocycles. The molecule has 0 saturated carbocycles. The van der Waals surface area contributed by atoms with E-state index in [0.717, 1.165) is 0 Å². The van der Waals surface area contributed by atoms with E-state index in [9.17, 15) is 9.59 Å². The Morgan fingerprint density at radius 2 is 1.03 bits per heavy atom. The van der Waals surface area contributed by atoms with Gasteiger partial charge in [-0.15, -0.1) is 0 Å². The van der Waals surface area contributed by atoms with Gasteiger partial charge in [0, 0.05) is 17.4 Å². The van der Waals surface area contributed by atoms with Crippen LogP contribution < -0.4 is 30.7 Å². The predicted molar refractivity (Wildman–Crippen MR) is 152 cm³/mol. The molecular weight excluding hydrogens is 528 g/mol. The summed E-state index contributed by atoms with van der Waals surface area (Å²) in [6.07, 6.45) is -1.24. The van der Waals surface area contributed by atoms with Crippen molar-refractivity contribution in [1.82, 2.24) is 10.6 Å². The normalized spacial score (nSPS) is 9.95. The highest BCUT2D eigenvalue weighted by Crippen LogP contribution is 2.29. The maximum atomic E-state index is 11.4. The zero-order valence-corrected chi connectivity index (χ0v) is 22.2. The van der Waals surface area contributed by atoms with Gasteiger partial charge < -0.3 is 29.6 Å². The van der Waals surface area contributed by atoms with Crippen molar-refractivity contribution in [3.8, 4) is 23.0 Å². The van der Waals surface area contributed by atoms with E-state index in [0.29, 0.717) is 34.4 Å². The molecule has 0 saturated heterocycles. The van der Waals surface area contributed by atoms with Gasteiger partial charge in [0.1, 0.15) is 23.0 Å². The van der Waals surface area contributed by atoms with E-state index in [4.69, 9.17) is 43.4 Å². The molecule has 3 rings (SSSR count). The molecule has 0 aliphatic heterocycles. The van der Waals surface area contributed by atoms with Crippen molar-refractivity contribution in [2.24, 2.45) is 0 Å². The number of alkyl carbamates (subject to hydrolysis) is 2. The fourth-order valence-corrected chi connectivity index (χ4v) is 3.33. The second-order valence-electron chi connectivity index (χ2n) is 7.33. The van der Waals surface area contributed by atoms with E-state index < -0.39 is 12.2 Å². The molecule has 198 valence electrons. The molecule has 0 heterocycles. The van der Waals surface area contributed by atoms with Crippen LogP contribution in [0.2, 0.25) is 0 Å². The standard InChI is InChI=1S/C26H26N4O6S2/c1-3-33-25(31)29-23(37)27-17-8-12-19(13-9-17)35-21-6-5-7-22(16-21)36-20-14-10-18(11-15-20)28-24(38)30-26(32)34-4-2/h5-16H,3-4H2,1-2H3,(H2,27,29,31,37)(H2,28,30,32,38). The Morgan fingerprint density at radius 1 is 0.632 bits per heavy atom. The average Bonchev–Trinajstić information content (AvgIpc) is 2.87. The summed E-state index contributed by atoms with van der Waals surface area (Å²) in [5, 5.41) is 10.9. The SMILES string of the molecule is CCOC(=O)NC(=S)Nc1ccc(Oc2cccc(Oc3ccc(NC(=S)NC(=O)OCC)cc3)c2)cc1. The van der Waals surface area contributed by atoms with E-state index in [1.807, 2.05) is 18.2 Å². The third-order valence-corrected chi connectivity index (χ3v) is 4.89. The van der Waals surface area contributed by atoms with Crippen LogP contribution in [0.3, 0.4) is 0 Å². The largest absolute Gasteiger partial charge is 0.457 e. The molecule has 0 spiro atoms. The topological polar surface area (TPSA) is 119 Å². The van der Waals surface area contributed by atoms with Crippen LogP contribution in [0, 0.1) is 0 Å². The number of carbonyl (C=O) groups is 2. The molecular formula is C26H26N4O6S2. The lowest BCUT2D eigenvalue weighted by Gasteiger charge is -2.12. The summed E-state index contributed by atoms with van der Waals surface area (Å²) in [5.74, 6) is 2.35. The number of benzene rings is 3. The summed E-state index contributed by atoms with van der Waals surface area (Å²) in [6.45, 7) is 3.92. The molecule has 0 radical (unpaired) electrons. The Hall–Kier alpha value is -4.42. The molecule has 38 heavy (non-hydrogen) atoms. The number of thiocarbonyl (C=S) groups is 2. The molecule has 0 atom stereocenters. The van der Waals surface area contributed by atoms with Crippen LogP contribution in [-0.2, 0) is 9.47 Å². The van der Waals surface area contributed by atoms with Crippen molar-refractivity contribution in [2.45, 2.75) is 13.8 Å². The Bertz CT molecular complexity index is 1170. The predicted octanol–water partition coefficient (Wildman–Crippen LogP) is 6.16. The highest BCUT2D eigenvalue weighted by molar-refractivity contribution is 7.80. The molecule has 0 fully saturated rings. The molecule has 12 heteroatoms. The second kappa shape index (κ2) is 14.4. The lowest BCUT2D eigenvalue weighted by atomic mass is 10.3. The zero-order chi connectivity index (χ0) is 27.3. The molecule has 0 unspecified atom stereocenters. The summed E-state index contributed by atoms with van der Waals surface area (Å²) in [7, 11) is 0. The van der Waals surface area contributed by atoms with E-state index in [1.165, 1.54) is 0 Å². The van der Waals surface area contributed by atoms with Crippen LogP contribution in [-0.4, -0.2) is 35.6 Å². The summed E-state index contributed by atoms with van der Waals surface area (Å²) >= 11 is 10.2. The highest BCUT2D eigenvalue weighted by Gasteiger charge is 2.07. The van der Waals surface area contributed by atoms with Crippen LogP contribution in [0.5, 0.6) is 23.0 Å². The minimum Gasteiger partial charge on any atom is -0.457 e. The first-order chi connectivity index (χ1) is 18.3. The van der Waals surface area contributed by atoms with Crippen molar-refractivity contribution < 1.29 is 28.5 Å². The fourth-order valence-electron chi connectivity index (χ4n) is 2.93. The van der Waals surface area contributed by atoms with Gasteiger partial charge in [0.05, 0.1) is 13.2 Å². The molecule has 0 aliphatic carbocycles. The molecule has 0 aliphatic rings. The average molecular weight is 555 g/mol. The Labute approximate surface area is 230 Å². The minimum absolute atomic E-state index is 0.127.